The van der Waals surface area contributed by atoms with E-state index in [0.29, 0.717) is 6.04 Å². The van der Waals surface area contributed by atoms with Crippen LogP contribution in [0.25, 0.3) is 0 Å². The predicted molar refractivity (Wildman–Crippen MR) is 79.2 cm³/mol. The van der Waals surface area contributed by atoms with Gasteiger partial charge in [0, 0.05) is 19.1 Å². The lowest BCUT2D eigenvalue weighted by molar-refractivity contribution is 0.568. The van der Waals surface area contributed by atoms with E-state index < -0.39 is 0 Å². The number of hydrogen-bond acceptors (Lipinski definition) is 4. The first kappa shape index (κ1) is 14.3. The zero-order valence-electron chi connectivity index (χ0n) is 12.4. The van der Waals surface area contributed by atoms with Gasteiger partial charge in [0.25, 0.3) is 0 Å². The van der Waals surface area contributed by atoms with Gasteiger partial charge >= 0.3 is 0 Å². The van der Waals surface area contributed by atoms with E-state index in [1.54, 1.807) is 0 Å². The predicted octanol–water partition coefficient (Wildman–Crippen LogP) is 2.60. The fourth-order valence-electron chi connectivity index (χ4n) is 2.11. The van der Waals surface area contributed by atoms with Crippen molar-refractivity contribution in [3.8, 4) is 0 Å². The normalized spacial score (nSPS) is 14.9. The summed E-state index contributed by atoms with van der Waals surface area (Å²) in [6, 6.07) is 0.702. The highest BCUT2D eigenvalue weighted by Gasteiger charge is 2.29. The number of nitrogens with zero attached hydrogens (tertiary/aromatic N) is 3. The summed E-state index contributed by atoms with van der Waals surface area (Å²) in [6.45, 7) is 9.52. The lowest BCUT2D eigenvalue weighted by Gasteiger charge is -2.24. The first-order valence-corrected chi connectivity index (χ1v) is 7.49. The van der Waals surface area contributed by atoms with Gasteiger partial charge in [0.2, 0.25) is 0 Å². The molecule has 0 aliphatic heterocycles. The largest absolute Gasteiger partial charge is 0.352 e. The summed E-state index contributed by atoms with van der Waals surface area (Å²) in [6.07, 6.45) is 7.67. The summed E-state index contributed by atoms with van der Waals surface area (Å²) in [5.41, 5.74) is 1.02. The molecule has 0 bridgehead atoms. The van der Waals surface area contributed by atoms with Crippen LogP contribution in [0.1, 0.15) is 45.7 Å². The third kappa shape index (κ3) is 4.46. The van der Waals surface area contributed by atoms with Gasteiger partial charge < -0.3 is 10.2 Å². The lowest BCUT2D eigenvalue weighted by atomic mass is 10.1. The van der Waals surface area contributed by atoms with Gasteiger partial charge in [0.05, 0.1) is 18.1 Å². The molecule has 1 N–H and O–H groups in total. The standard InChI is InChI=1S/C15H26N4/c1-4-16-9-13-10-18-15(11-17-13)19(14-5-6-14)8-7-12(2)3/h10-12,14,16H,4-9H2,1-3H3. The Hall–Kier alpha value is -1.16. The maximum Gasteiger partial charge on any atom is 0.147 e. The fraction of sp³-hybridized carbons (Fsp3) is 0.733. The number of hydrogen-bond donors (Lipinski definition) is 1. The van der Waals surface area contributed by atoms with E-state index in [1.165, 1.54) is 19.3 Å². The van der Waals surface area contributed by atoms with Crippen molar-refractivity contribution in [1.29, 1.82) is 0 Å². The van der Waals surface area contributed by atoms with Crippen LogP contribution < -0.4 is 10.2 Å². The molecule has 0 unspecified atom stereocenters. The number of aromatic nitrogens is 2. The van der Waals surface area contributed by atoms with Gasteiger partial charge in [0.1, 0.15) is 5.82 Å². The van der Waals surface area contributed by atoms with Crippen LogP contribution in [0.5, 0.6) is 0 Å². The third-order valence-corrected chi connectivity index (χ3v) is 3.48. The summed E-state index contributed by atoms with van der Waals surface area (Å²) in [7, 11) is 0. The molecule has 1 heterocycles. The molecule has 1 aromatic rings. The average molecular weight is 262 g/mol. The molecule has 1 aliphatic rings. The average Bonchev–Trinajstić information content (AvgIpc) is 3.22. The van der Waals surface area contributed by atoms with Crippen molar-refractivity contribution in [1.82, 2.24) is 15.3 Å². The minimum absolute atomic E-state index is 0.702. The van der Waals surface area contributed by atoms with E-state index in [2.05, 4.69) is 41.0 Å². The summed E-state index contributed by atoms with van der Waals surface area (Å²) in [5.74, 6) is 1.78. The minimum atomic E-state index is 0.702. The zero-order chi connectivity index (χ0) is 13.7. The van der Waals surface area contributed by atoms with Gasteiger partial charge in [-0.3, -0.25) is 4.98 Å². The molecule has 0 amide bonds. The van der Waals surface area contributed by atoms with E-state index in [4.69, 9.17) is 0 Å². The molecule has 0 spiro atoms. The van der Waals surface area contributed by atoms with Crippen molar-refractivity contribution < 1.29 is 0 Å². The van der Waals surface area contributed by atoms with E-state index in [9.17, 15) is 0 Å². The van der Waals surface area contributed by atoms with Crippen molar-refractivity contribution in [2.45, 2.75) is 52.6 Å². The van der Waals surface area contributed by atoms with Crippen molar-refractivity contribution >= 4 is 5.82 Å². The zero-order valence-corrected chi connectivity index (χ0v) is 12.4. The van der Waals surface area contributed by atoms with Crippen molar-refractivity contribution in [3.63, 3.8) is 0 Å². The molecule has 1 saturated carbocycles. The summed E-state index contributed by atoms with van der Waals surface area (Å²) < 4.78 is 0. The lowest BCUT2D eigenvalue weighted by Crippen LogP contribution is -2.29. The summed E-state index contributed by atoms with van der Waals surface area (Å²) in [5, 5.41) is 3.27. The second-order valence-electron chi connectivity index (χ2n) is 5.75. The highest BCUT2D eigenvalue weighted by molar-refractivity contribution is 5.39. The van der Waals surface area contributed by atoms with Gasteiger partial charge in [-0.1, -0.05) is 20.8 Å². The van der Waals surface area contributed by atoms with Crippen LogP contribution in [0, 0.1) is 5.92 Å². The molecule has 2 rings (SSSR count). The number of anilines is 1. The molecule has 1 aromatic heterocycles. The Morgan fingerprint density at radius 1 is 1.32 bits per heavy atom. The van der Waals surface area contributed by atoms with Crippen molar-refractivity contribution in [2.75, 3.05) is 18.0 Å². The van der Waals surface area contributed by atoms with Crippen LogP contribution in [0.15, 0.2) is 12.4 Å². The highest BCUT2D eigenvalue weighted by Crippen LogP contribution is 2.30. The second kappa shape index (κ2) is 6.85. The second-order valence-corrected chi connectivity index (χ2v) is 5.75. The molecule has 4 nitrogen and oxygen atoms in total. The van der Waals surface area contributed by atoms with Crippen LogP contribution in [0.2, 0.25) is 0 Å². The Kier molecular flexibility index (Phi) is 5.14. The van der Waals surface area contributed by atoms with Gasteiger partial charge in [-0.05, 0) is 31.7 Å². The van der Waals surface area contributed by atoms with E-state index in [0.717, 1.165) is 37.1 Å². The van der Waals surface area contributed by atoms with Crippen LogP contribution in [-0.4, -0.2) is 29.1 Å². The fourth-order valence-corrected chi connectivity index (χ4v) is 2.11. The molecule has 106 valence electrons. The molecular formula is C15H26N4. The summed E-state index contributed by atoms with van der Waals surface area (Å²) >= 11 is 0. The molecule has 1 fully saturated rings. The van der Waals surface area contributed by atoms with E-state index >= 15 is 0 Å². The number of nitrogens with one attached hydrogen (secondary N) is 1. The Bertz CT molecular complexity index is 370. The quantitative estimate of drug-likeness (QED) is 0.782. The van der Waals surface area contributed by atoms with Gasteiger partial charge in [-0.25, -0.2) is 4.98 Å². The van der Waals surface area contributed by atoms with E-state index in [-0.39, 0.29) is 0 Å². The molecule has 0 saturated heterocycles. The minimum Gasteiger partial charge on any atom is -0.352 e. The molecule has 0 atom stereocenters. The molecule has 0 radical (unpaired) electrons. The Balaban J connectivity index is 1.96. The van der Waals surface area contributed by atoms with Gasteiger partial charge in [0.15, 0.2) is 0 Å². The highest BCUT2D eigenvalue weighted by atomic mass is 15.2. The Labute approximate surface area is 116 Å². The summed E-state index contributed by atoms with van der Waals surface area (Å²) in [4.78, 5) is 11.5. The third-order valence-electron chi connectivity index (χ3n) is 3.48. The monoisotopic (exact) mass is 262 g/mol. The molecule has 0 aromatic carbocycles. The van der Waals surface area contributed by atoms with Crippen LogP contribution >= 0.6 is 0 Å². The Morgan fingerprint density at radius 2 is 2.11 bits per heavy atom. The molecule has 4 heteroatoms. The van der Waals surface area contributed by atoms with E-state index in [1.807, 2.05) is 12.4 Å². The van der Waals surface area contributed by atoms with Gasteiger partial charge in [-0.2, -0.15) is 0 Å². The molecule has 1 aliphatic carbocycles. The first-order valence-electron chi connectivity index (χ1n) is 7.49. The van der Waals surface area contributed by atoms with Crippen LogP contribution in [0.3, 0.4) is 0 Å². The van der Waals surface area contributed by atoms with Crippen LogP contribution in [0.4, 0.5) is 5.82 Å². The molecular weight excluding hydrogens is 236 g/mol. The van der Waals surface area contributed by atoms with Gasteiger partial charge in [-0.15, -0.1) is 0 Å². The van der Waals surface area contributed by atoms with Crippen LogP contribution in [-0.2, 0) is 6.54 Å². The maximum absolute atomic E-state index is 4.59. The van der Waals surface area contributed by atoms with Crippen molar-refractivity contribution in [3.05, 3.63) is 18.1 Å². The Morgan fingerprint density at radius 3 is 2.63 bits per heavy atom. The smallest absolute Gasteiger partial charge is 0.147 e. The topological polar surface area (TPSA) is 41.1 Å². The first-order chi connectivity index (χ1) is 9.20. The number of rotatable bonds is 8. The maximum atomic E-state index is 4.59. The van der Waals surface area contributed by atoms with Crippen molar-refractivity contribution in [2.24, 2.45) is 5.92 Å². The SMILES string of the molecule is CCNCc1cnc(N(CCC(C)C)C2CC2)cn1. The molecule has 19 heavy (non-hydrogen) atoms.